The molecule has 0 N–H and O–H groups in total. The summed E-state index contributed by atoms with van der Waals surface area (Å²) in [5.74, 6) is 0.158. The van der Waals surface area contributed by atoms with Crippen LogP contribution in [0.1, 0.15) is 19.4 Å². The van der Waals surface area contributed by atoms with Crippen LogP contribution < -0.4 is 0 Å². The molecule has 0 spiro atoms. The molecule has 0 amide bonds. The van der Waals surface area contributed by atoms with Crippen molar-refractivity contribution in [1.82, 2.24) is 0 Å². The molecule has 2 aliphatic rings. The quantitative estimate of drug-likeness (QED) is 0.691. The van der Waals surface area contributed by atoms with Crippen LogP contribution in [0.2, 0.25) is 0 Å². The van der Waals surface area contributed by atoms with E-state index in [-0.39, 0.29) is 17.9 Å². The minimum absolute atomic E-state index is 0.0272. The van der Waals surface area contributed by atoms with Gasteiger partial charge in [-0.05, 0) is 11.6 Å². The van der Waals surface area contributed by atoms with Crippen molar-refractivity contribution in [1.29, 1.82) is 0 Å². The lowest BCUT2D eigenvalue weighted by molar-refractivity contribution is -0.160. The predicted molar refractivity (Wildman–Crippen MR) is 65.5 cm³/mol. The number of fused-ring (bicyclic) bond motifs is 2. The molecule has 0 saturated carbocycles. The zero-order valence-corrected chi connectivity index (χ0v) is 10.1. The first kappa shape index (κ1) is 10.7. The van der Waals surface area contributed by atoms with Crippen LogP contribution in [0.4, 0.5) is 0 Å². The Morgan fingerprint density at radius 2 is 1.88 bits per heavy atom. The van der Waals surface area contributed by atoms with Crippen molar-refractivity contribution in [3.8, 4) is 0 Å². The second kappa shape index (κ2) is 3.54. The third kappa shape index (κ3) is 1.34. The van der Waals surface area contributed by atoms with E-state index in [4.69, 9.17) is 4.74 Å². The summed E-state index contributed by atoms with van der Waals surface area (Å²) >= 11 is 0. The monoisotopic (exact) mass is 228 g/mol. The first-order valence-corrected chi connectivity index (χ1v) is 6.11. The molecule has 1 aromatic rings. The van der Waals surface area contributed by atoms with Gasteiger partial charge in [0, 0.05) is 5.92 Å². The Bertz CT molecular complexity index is 477. The van der Waals surface area contributed by atoms with Crippen LogP contribution in [0, 0.1) is 11.8 Å². The summed E-state index contributed by atoms with van der Waals surface area (Å²) in [5, 5.41) is 0. The Morgan fingerprint density at radius 3 is 2.59 bits per heavy atom. The van der Waals surface area contributed by atoms with Gasteiger partial charge in [0.2, 0.25) is 0 Å². The van der Waals surface area contributed by atoms with Crippen molar-refractivity contribution in [2.45, 2.75) is 25.6 Å². The fraction of sp³-hybridized carbons (Fsp3) is 0.400. The molecule has 88 valence electrons. The average Bonchev–Trinajstić information content (AvgIpc) is 2.79. The van der Waals surface area contributed by atoms with E-state index in [9.17, 15) is 4.79 Å². The zero-order valence-electron chi connectivity index (χ0n) is 10.1. The minimum atomic E-state index is -0.532. The van der Waals surface area contributed by atoms with Gasteiger partial charge >= 0.3 is 0 Å². The van der Waals surface area contributed by atoms with Crippen molar-refractivity contribution >= 4 is 5.78 Å². The number of benzene rings is 1. The summed E-state index contributed by atoms with van der Waals surface area (Å²) in [6.07, 6.45) is 4.05. The maximum atomic E-state index is 12.2. The molecule has 2 heteroatoms. The lowest BCUT2D eigenvalue weighted by Crippen LogP contribution is -2.48. The van der Waals surface area contributed by atoms with Crippen LogP contribution in [-0.4, -0.2) is 11.9 Å². The van der Waals surface area contributed by atoms with Crippen LogP contribution in [0.25, 0.3) is 0 Å². The van der Waals surface area contributed by atoms with Crippen LogP contribution >= 0.6 is 0 Å². The van der Waals surface area contributed by atoms with Crippen molar-refractivity contribution < 1.29 is 9.53 Å². The molecule has 2 aliphatic heterocycles. The number of Topliss-reactive ketones (excluding diaryl/α,β-unsaturated/α-hetero) is 1. The molecular formula is C15H16O2. The van der Waals surface area contributed by atoms with Crippen molar-refractivity contribution in [2.75, 3.05) is 0 Å². The molecule has 2 heterocycles. The summed E-state index contributed by atoms with van der Waals surface area (Å²) in [6.45, 7) is 3.92. The lowest BCUT2D eigenvalue weighted by Gasteiger charge is -2.41. The highest BCUT2D eigenvalue weighted by molar-refractivity contribution is 5.87. The highest BCUT2D eigenvalue weighted by Crippen LogP contribution is 2.47. The first-order chi connectivity index (χ1) is 8.15. The minimum Gasteiger partial charge on any atom is -0.357 e. The maximum Gasteiger partial charge on any atom is 0.144 e. The summed E-state index contributed by atoms with van der Waals surface area (Å²) in [7, 11) is 0. The topological polar surface area (TPSA) is 26.3 Å². The maximum absolute atomic E-state index is 12.2. The molecule has 4 atom stereocenters. The van der Waals surface area contributed by atoms with Gasteiger partial charge in [-0.1, -0.05) is 50.3 Å². The number of hydrogen-bond donors (Lipinski definition) is 0. The fourth-order valence-electron chi connectivity index (χ4n) is 2.94. The molecule has 0 aliphatic carbocycles. The Morgan fingerprint density at radius 1 is 1.18 bits per heavy atom. The highest BCUT2D eigenvalue weighted by Gasteiger charge is 2.52. The molecule has 2 bridgehead atoms. The summed E-state index contributed by atoms with van der Waals surface area (Å²) in [6, 6.07) is 10.0. The number of carbonyl (C=O) groups is 1. The second-order valence-corrected chi connectivity index (χ2v) is 5.01. The van der Waals surface area contributed by atoms with E-state index in [0.29, 0.717) is 5.78 Å². The molecular weight excluding hydrogens is 212 g/mol. The van der Waals surface area contributed by atoms with Crippen molar-refractivity contribution in [2.24, 2.45) is 11.8 Å². The molecule has 0 unspecified atom stereocenters. The molecule has 3 rings (SSSR count). The smallest absolute Gasteiger partial charge is 0.144 e. The Labute approximate surface area is 101 Å². The molecule has 2 nitrogen and oxygen atoms in total. The third-order valence-corrected chi connectivity index (χ3v) is 4.10. The Hall–Kier alpha value is -1.41. The number of ether oxygens (including phenoxy) is 1. The molecule has 1 saturated heterocycles. The van der Waals surface area contributed by atoms with Gasteiger partial charge in [-0.15, -0.1) is 0 Å². The van der Waals surface area contributed by atoms with Gasteiger partial charge in [-0.25, -0.2) is 0 Å². The number of carbonyl (C=O) groups excluding carboxylic acids is 1. The van der Waals surface area contributed by atoms with Crippen molar-refractivity contribution in [3.63, 3.8) is 0 Å². The third-order valence-electron chi connectivity index (χ3n) is 4.10. The van der Waals surface area contributed by atoms with E-state index < -0.39 is 5.60 Å². The van der Waals surface area contributed by atoms with Gasteiger partial charge < -0.3 is 4.74 Å². The Balaban J connectivity index is 2.10. The van der Waals surface area contributed by atoms with Gasteiger partial charge in [0.25, 0.3) is 0 Å². The molecule has 1 aromatic carbocycles. The summed E-state index contributed by atoms with van der Waals surface area (Å²) in [5.41, 5.74) is 0.543. The number of rotatable bonds is 1. The molecule has 0 radical (unpaired) electrons. The standard InChI is InChI=1S/C15H16O2/c1-10-13-8-9-15(17-13,11(2)14(10)16)12-6-4-3-5-7-12/h3-11,13H,1-2H3/t10-,11-,13+,15-/m0/s1. The largest absolute Gasteiger partial charge is 0.357 e. The van der Waals surface area contributed by atoms with Crippen LogP contribution in [0.5, 0.6) is 0 Å². The van der Waals surface area contributed by atoms with Gasteiger partial charge in [-0.2, -0.15) is 0 Å². The summed E-state index contributed by atoms with van der Waals surface area (Å²) in [4.78, 5) is 12.2. The van der Waals surface area contributed by atoms with Gasteiger partial charge in [0.1, 0.15) is 11.4 Å². The second-order valence-electron chi connectivity index (χ2n) is 5.01. The van der Waals surface area contributed by atoms with Gasteiger partial charge in [0.15, 0.2) is 0 Å². The number of ketones is 1. The van der Waals surface area contributed by atoms with Gasteiger partial charge in [0.05, 0.1) is 12.0 Å². The van der Waals surface area contributed by atoms with Crippen LogP contribution in [-0.2, 0) is 15.1 Å². The Kier molecular flexibility index (Phi) is 2.23. The van der Waals surface area contributed by atoms with Crippen LogP contribution in [0.15, 0.2) is 42.5 Å². The van der Waals surface area contributed by atoms with Gasteiger partial charge in [-0.3, -0.25) is 4.79 Å². The SMILES string of the molecule is C[C@@H]1C(=O)[C@H](C)[C@]2(c3ccccc3)C=C[C@H]1O2. The number of hydrogen-bond acceptors (Lipinski definition) is 2. The molecule has 17 heavy (non-hydrogen) atoms. The fourth-order valence-corrected chi connectivity index (χ4v) is 2.94. The lowest BCUT2D eigenvalue weighted by atomic mass is 9.76. The van der Waals surface area contributed by atoms with E-state index in [2.05, 4.69) is 6.08 Å². The summed E-state index contributed by atoms with van der Waals surface area (Å²) < 4.78 is 6.13. The predicted octanol–water partition coefficient (Wildman–Crippen LogP) is 2.69. The van der Waals surface area contributed by atoms with E-state index in [1.54, 1.807) is 0 Å². The van der Waals surface area contributed by atoms with E-state index in [1.165, 1.54) is 0 Å². The zero-order chi connectivity index (χ0) is 12.0. The first-order valence-electron chi connectivity index (χ1n) is 6.11. The molecule has 0 aromatic heterocycles. The van der Waals surface area contributed by atoms with E-state index in [0.717, 1.165) is 5.56 Å². The average molecular weight is 228 g/mol. The molecule has 1 fully saturated rings. The van der Waals surface area contributed by atoms with Crippen LogP contribution in [0.3, 0.4) is 0 Å². The highest BCUT2D eigenvalue weighted by atomic mass is 16.5. The van der Waals surface area contributed by atoms with E-state index >= 15 is 0 Å². The normalized spacial score (nSPS) is 39.6. The van der Waals surface area contributed by atoms with E-state index in [1.807, 2.05) is 50.3 Å². The van der Waals surface area contributed by atoms with Crippen molar-refractivity contribution in [3.05, 3.63) is 48.0 Å².